The molecule has 2 aliphatic carbocycles. The summed E-state index contributed by atoms with van der Waals surface area (Å²) in [6.45, 7) is 3.27. The summed E-state index contributed by atoms with van der Waals surface area (Å²) in [4.78, 5) is 0. The van der Waals surface area contributed by atoms with Gasteiger partial charge in [0.25, 0.3) is 6.08 Å². The number of hydrogen-bond acceptors (Lipinski definition) is 1. The topological polar surface area (TPSA) is 9.23 Å². The van der Waals surface area contributed by atoms with Crippen molar-refractivity contribution in [2.24, 2.45) is 29.6 Å². The second-order valence-corrected chi connectivity index (χ2v) is 9.29. The molecule has 3 rings (SSSR count). The Balaban J connectivity index is 1.35. The second kappa shape index (κ2) is 10.2. The summed E-state index contributed by atoms with van der Waals surface area (Å²) >= 11 is 0. The van der Waals surface area contributed by atoms with Crippen LogP contribution in [-0.2, 0) is 4.74 Å². The summed E-state index contributed by atoms with van der Waals surface area (Å²) in [6, 6.07) is 0. The maximum Gasteiger partial charge on any atom is 0.266 e. The molecule has 0 spiro atoms. The molecule has 1 aliphatic heterocycles. The maximum absolute atomic E-state index is 12.3. The van der Waals surface area contributed by atoms with Crippen molar-refractivity contribution in [2.45, 2.75) is 96.5 Å². The lowest BCUT2D eigenvalue weighted by Crippen LogP contribution is -2.35. The fraction of sp³-hybridized carbons (Fsp3) is 0.913. The highest BCUT2D eigenvalue weighted by Crippen LogP contribution is 2.44. The average molecular weight is 369 g/mol. The number of rotatable bonds is 6. The van der Waals surface area contributed by atoms with Crippen LogP contribution in [0, 0.1) is 29.6 Å². The highest BCUT2D eigenvalue weighted by atomic mass is 19.3. The van der Waals surface area contributed by atoms with Gasteiger partial charge in [0.15, 0.2) is 0 Å². The number of allylic oxidation sites excluding steroid dienone is 1. The minimum absolute atomic E-state index is 0.496. The third-order valence-electron chi connectivity index (χ3n) is 7.61. The molecule has 0 bridgehead atoms. The minimum Gasteiger partial charge on any atom is -0.378 e. The summed E-state index contributed by atoms with van der Waals surface area (Å²) in [5, 5.41) is 0. The van der Waals surface area contributed by atoms with Crippen molar-refractivity contribution in [1.29, 1.82) is 0 Å². The van der Waals surface area contributed by atoms with E-state index in [-0.39, 0.29) is 0 Å². The van der Waals surface area contributed by atoms with E-state index in [0.717, 1.165) is 49.2 Å². The molecule has 1 nitrogen and oxygen atoms in total. The number of ether oxygens (including phenoxy) is 1. The van der Waals surface area contributed by atoms with E-state index in [0.29, 0.717) is 18.4 Å². The smallest absolute Gasteiger partial charge is 0.266 e. The van der Waals surface area contributed by atoms with Crippen molar-refractivity contribution in [3.63, 3.8) is 0 Å². The first-order chi connectivity index (χ1) is 12.7. The van der Waals surface area contributed by atoms with Crippen LogP contribution in [-0.4, -0.2) is 12.7 Å². The maximum atomic E-state index is 12.3. The lowest BCUT2D eigenvalue weighted by Gasteiger charge is -2.41. The molecule has 0 radical (unpaired) electrons. The zero-order valence-corrected chi connectivity index (χ0v) is 16.6. The zero-order valence-electron chi connectivity index (χ0n) is 16.6. The Hall–Kier alpha value is -0.440. The molecule has 2 saturated carbocycles. The summed E-state index contributed by atoms with van der Waals surface area (Å²) in [7, 11) is 0. The van der Waals surface area contributed by atoms with Gasteiger partial charge in [0.1, 0.15) is 0 Å². The van der Waals surface area contributed by atoms with Crippen LogP contribution in [0.2, 0.25) is 0 Å². The highest BCUT2D eigenvalue weighted by Gasteiger charge is 2.35. The molecule has 3 fully saturated rings. The normalized spacial score (nSPS) is 38.7. The Morgan fingerprint density at radius 3 is 1.92 bits per heavy atom. The molecule has 150 valence electrons. The van der Waals surface area contributed by atoms with Gasteiger partial charge in [-0.15, -0.1) is 0 Å². The molecule has 0 amide bonds. The molecule has 0 N–H and O–H groups in total. The van der Waals surface area contributed by atoms with E-state index in [1.165, 1.54) is 64.2 Å². The van der Waals surface area contributed by atoms with Gasteiger partial charge in [-0.2, -0.15) is 8.78 Å². The van der Waals surface area contributed by atoms with Gasteiger partial charge in [-0.05, 0) is 113 Å². The molecule has 0 aromatic carbocycles. The molecule has 1 saturated heterocycles. The quantitative estimate of drug-likeness (QED) is 0.475. The van der Waals surface area contributed by atoms with Crippen molar-refractivity contribution in [3.05, 3.63) is 12.2 Å². The standard InChI is InChI=1S/C23H38F2O/c1-2-3-18-6-14-22(26-16-18)21-12-10-20(11-13-21)19-8-4-17(5-9-19)7-15-23(24)25/h15,17-22H,2-14,16H2,1H3. The lowest BCUT2D eigenvalue weighted by molar-refractivity contribution is -0.0618. The Kier molecular flexibility index (Phi) is 7.96. The fourth-order valence-electron chi connectivity index (χ4n) is 5.97. The molecule has 1 heterocycles. The third kappa shape index (κ3) is 5.78. The van der Waals surface area contributed by atoms with Gasteiger partial charge in [0.2, 0.25) is 0 Å². The van der Waals surface area contributed by atoms with Gasteiger partial charge in [-0.1, -0.05) is 13.3 Å². The van der Waals surface area contributed by atoms with Gasteiger partial charge < -0.3 is 4.74 Å². The summed E-state index contributed by atoms with van der Waals surface area (Å²) in [5.41, 5.74) is 0. The molecule has 0 aromatic heterocycles. The summed E-state index contributed by atoms with van der Waals surface area (Å²) in [6.07, 6.45) is 16.3. The largest absolute Gasteiger partial charge is 0.378 e. The van der Waals surface area contributed by atoms with E-state index >= 15 is 0 Å². The molecule has 2 atom stereocenters. The Bertz CT molecular complexity index is 421. The van der Waals surface area contributed by atoms with Crippen molar-refractivity contribution in [2.75, 3.05) is 6.61 Å². The van der Waals surface area contributed by atoms with Crippen molar-refractivity contribution in [3.8, 4) is 0 Å². The molecule has 0 aromatic rings. The zero-order chi connectivity index (χ0) is 18.4. The Labute approximate surface area is 159 Å². The predicted octanol–water partition coefficient (Wildman–Crippen LogP) is 7.37. The van der Waals surface area contributed by atoms with Crippen molar-refractivity contribution in [1.82, 2.24) is 0 Å². The summed E-state index contributed by atoms with van der Waals surface area (Å²) < 4.78 is 30.8. The predicted molar refractivity (Wildman–Crippen MR) is 103 cm³/mol. The molecular weight excluding hydrogens is 330 g/mol. The SMILES string of the molecule is CCCC1CCC(C2CCC(C3CCC(CC=C(F)F)CC3)CC2)OC1. The van der Waals surface area contributed by atoms with Crippen LogP contribution < -0.4 is 0 Å². The minimum atomic E-state index is -1.50. The third-order valence-corrected chi connectivity index (χ3v) is 7.61. The van der Waals surface area contributed by atoms with E-state index in [1.807, 2.05) is 0 Å². The molecule has 3 aliphatic rings. The highest BCUT2D eigenvalue weighted by molar-refractivity contribution is 4.88. The first kappa shape index (κ1) is 20.3. The van der Waals surface area contributed by atoms with Gasteiger partial charge in [-0.25, -0.2) is 0 Å². The number of halogens is 2. The van der Waals surface area contributed by atoms with Gasteiger partial charge in [0, 0.05) is 6.61 Å². The van der Waals surface area contributed by atoms with Gasteiger partial charge in [-0.3, -0.25) is 0 Å². The van der Waals surface area contributed by atoms with Crippen LogP contribution in [0.3, 0.4) is 0 Å². The monoisotopic (exact) mass is 368 g/mol. The second-order valence-electron chi connectivity index (χ2n) is 9.29. The molecule has 26 heavy (non-hydrogen) atoms. The fourth-order valence-corrected chi connectivity index (χ4v) is 5.97. The van der Waals surface area contributed by atoms with E-state index in [4.69, 9.17) is 4.74 Å². The van der Waals surface area contributed by atoms with Crippen molar-refractivity contribution >= 4 is 0 Å². The van der Waals surface area contributed by atoms with E-state index in [9.17, 15) is 8.78 Å². The van der Waals surface area contributed by atoms with Crippen LogP contribution >= 0.6 is 0 Å². The van der Waals surface area contributed by atoms with E-state index in [1.54, 1.807) is 0 Å². The molecule has 2 unspecified atom stereocenters. The first-order valence-electron chi connectivity index (χ1n) is 11.3. The van der Waals surface area contributed by atoms with Crippen LogP contribution in [0.1, 0.15) is 90.4 Å². The molecular formula is C23H38F2O. The van der Waals surface area contributed by atoms with Crippen molar-refractivity contribution < 1.29 is 13.5 Å². The average Bonchev–Trinajstić information content (AvgIpc) is 2.68. The van der Waals surface area contributed by atoms with Crippen LogP contribution in [0.5, 0.6) is 0 Å². The van der Waals surface area contributed by atoms with Crippen LogP contribution in [0.25, 0.3) is 0 Å². The first-order valence-corrected chi connectivity index (χ1v) is 11.3. The van der Waals surface area contributed by atoms with Crippen LogP contribution in [0.15, 0.2) is 12.2 Å². The Morgan fingerprint density at radius 2 is 1.38 bits per heavy atom. The van der Waals surface area contributed by atoms with E-state index < -0.39 is 6.08 Å². The summed E-state index contributed by atoms with van der Waals surface area (Å²) in [5.74, 6) is 3.84. The van der Waals surface area contributed by atoms with E-state index in [2.05, 4.69) is 6.92 Å². The van der Waals surface area contributed by atoms with Gasteiger partial charge in [0.05, 0.1) is 6.10 Å². The number of hydrogen-bond donors (Lipinski definition) is 0. The van der Waals surface area contributed by atoms with Crippen LogP contribution in [0.4, 0.5) is 8.78 Å². The lowest BCUT2D eigenvalue weighted by atomic mass is 9.67. The van der Waals surface area contributed by atoms with Gasteiger partial charge >= 0.3 is 0 Å². The Morgan fingerprint density at radius 1 is 0.808 bits per heavy atom. The molecule has 3 heteroatoms.